The van der Waals surface area contributed by atoms with Crippen LogP contribution in [0.3, 0.4) is 0 Å². The molecular weight excluding hydrogens is 377 g/mol. The highest BCUT2D eigenvalue weighted by molar-refractivity contribution is 5.76. The fraction of sp³-hybridized carbons (Fsp3) is 0.435. The van der Waals surface area contributed by atoms with Crippen molar-refractivity contribution in [1.82, 2.24) is 9.80 Å². The minimum Gasteiger partial charge on any atom is -0.339 e. The Labute approximate surface area is 169 Å². The molecule has 2 aromatic rings. The van der Waals surface area contributed by atoms with E-state index in [9.17, 15) is 18.0 Å². The molecule has 2 heterocycles. The number of piperidine rings is 1. The molecule has 29 heavy (non-hydrogen) atoms. The standard InChI is InChI=1S/C23H25F3N2O/c1-2-23(29)28-14-18(16-4-6-17(24)7-5-16)19-13-27(10-9-22(19)28)12-15-3-8-20(25)21(26)11-15/h3-8,11,18-19,22H,2,9-10,12-14H2,1H3/t18-,19-,22-/m1/s1. The number of amides is 1. The van der Waals surface area contributed by atoms with Gasteiger partial charge in [-0.2, -0.15) is 0 Å². The van der Waals surface area contributed by atoms with Crippen LogP contribution in [0.1, 0.15) is 36.8 Å². The first kappa shape index (κ1) is 20.0. The number of carbonyl (C=O) groups is 1. The van der Waals surface area contributed by atoms with E-state index in [1.54, 1.807) is 6.07 Å². The first-order valence-corrected chi connectivity index (χ1v) is 10.2. The van der Waals surface area contributed by atoms with E-state index >= 15 is 0 Å². The van der Waals surface area contributed by atoms with E-state index in [0.29, 0.717) is 19.5 Å². The van der Waals surface area contributed by atoms with Crippen LogP contribution in [0.2, 0.25) is 0 Å². The van der Waals surface area contributed by atoms with E-state index in [0.717, 1.165) is 36.7 Å². The van der Waals surface area contributed by atoms with E-state index in [1.165, 1.54) is 18.2 Å². The summed E-state index contributed by atoms with van der Waals surface area (Å²) in [5.41, 5.74) is 1.78. The number of likely N-dealkylation sites (tertiary alicyclic amines) is 2. The highest BCUT2D eigenvalue weighted by atomic mass is 19.2. The topological polar surface area (TPSA) is 23.6 Å². The summed E-state index contributed by atoms with van der Waals surface area (Å²) in [7, 11) is 0. The monoisotopic (exact) mass is 402 g/mol. The fourth-order valence-electron chi connectivity index (χ4n) is 4.90. The molecule has 0 radical (unpaired) electrons. The first-order chi connectivity index (χ1) is 14.0. The van der Waals surface area contributed by atoms with Crippen molar-refractivity contribution in [3.05, 3.63) is 71.0 Å². The molecule has 0 saturated carbocycles. The third-order valence-corrected chi connectivity index (χ3v) is 6.33. The third kappa shape index (κ3) is 4.04. The van der Waals surface area contributed by atoms with Gasteiger partial charge in [0.25, 0.3) is 0 Å². The van der Waals surface area contributed by atoms with Crippen LogP contribution in [0.4, 0.5) is 13.2 Å². The number of nitrogens with zero attached hydrogens (tertiary/aromatic N) is 2. The van der Waals surface area contributed by atoms with Crippen molar-refractivity contribution in [3.8, 4) is 0 Å². The zero-order valence-electron chi connectivity index (χ0n) is 16.5. The van der Waals surface area contributed by atoms with Gasteiger partial charge in [-0.3, -0.25) is 9.69 Å². The van der Waals surface area contributed by atoms with E-state index in [1.807, 2.05) is 24.0 Å². The van der Waals surface area contributed by atoms with Gasteiger partial charge < -0.3 is 4.90 Å². The molecule has 0 bridgehead atoms. The molecule has 0 unspecified atom stereocenters. The zero-order valence-corrected chi connectivity index (χ0v) is 16.5. The van der Waals surface area contributed by atoms with E-state index < -0.39 is 11.6 Å². The van der Waals surface area contributed by atoms with Crippen LogP contribution in [0.15, 0.2) is 42.5 Å². The van der Waals surface area contributed by atoms with Gasteiger partial charge in [0.1, 0.15) is 5.82 Å². The minimum atomic E-state index is -0.839. The number of benzene rings is 2. The van der Waals surface area contributed by atoms with E-state index in [4.69, 9.17) is 0 Å². The van der Waals surface area contributed by atoms with Crippen LogP contribution in [-0.4, -0.2) is 41.4 Å². The lowest BCUT2D eigenvalue weighted by Gasteiger charge is -2.39. The second kappa shape index (κ2) is 8.19. The Morgan fingerprint density at radius 1 is 1.03 bits per heavy atom. The SMILES string of the molecule is CCC(=O)N1C[C@H](c2ccc(F)cc2)[C@H]2CN(Cc3ccc(F)c(F)c3)CC[C@H]21. The quantitative estimate of drug-likeness (QED) is 0.760. The second-order valence-corrected chi connectivity index (χ2v) is 8.06. The summed E-state index contributed by atoms with van der Waals surface area (Å²) in [4.78, 5) is 16.8. The Kier molecular flexibility index (Phi) is 5.63. The molecule has 2 aromatic carbocycles. The van der Waals surface area contributed by atoms with Gasteiger partial charge in [0, 0.05) is 50.5 Å². The van der Waals surface area contributed by atoms with Crippen molar-refractivity contribution in [1.29, 1.82) is 0 Å². The van der Waals surface area contributed by atoms with Crippen LogP contribution in [0.25, 0.3) is 0 Å². The lowest BCUT2D eigenvalue weighted by atomic mass is 9.81. The molecule has 2 aliphatic heterocycles. The van der Waals surface area contributed by atoms with Crippen LogP contribution < -0.4 is 0 Å². The van der Waals surface area contributed by atoms with Crippen LogP contribution in [-0.2, 0) is 11.3 Å². The predicted octanol–water partition coefficient (Wildman–Crippen LogP) is 4.33. The number of hydrogen-bond donors (Lipinski definition) is 0. The molecule has 2 saturated heterocycles. The summed E-state index contributed by atoms with van der Waals surface area (Å²) in [5, 5.41) is 0. The predicted molar refractivity (Wildman–Crippen MR) is 105 cm³/mol. The summed E-state index contributed by atoms with van der Waals surface area (Å²) < 4.78 is 40.2. The number of halogens is 3. The number of rotatable bonds is 4. The number of fused-ring (bicyclic) bond motifs is 1. The number of hydrogen-bond acceptors (Lipinski definition) is 2. The van der Waals surface area contributed by atoms with Crippen molar-refractivity contribution < 1.29 is 18.0 Å². The maximum absolute atomic E-state index is 13.6. The van der Waals surface area contributed by atoms with Gasteiger partial charge in [-0.1, -0.05) is 25.1 Å². The van der Waals surface area contributed by atoms with E-state index in [-0.39, 0.29) is 29.6 Å². The average molecular weight is 402 g/mol. The van der Waals surface area contributed by atoms with Crippen LogP contribution >= 0.6 is 0 Å². The van der Waals surface area contributed by atoms with Gasteiger partial charge >= 0.3 is 0 Å². The summed E-state index contributed by atoms with van der Waals surface area (Å²) in [6.45, 7) is 4.62. The van der Waals surface area contributed by atoms with Crippen molar-refractivity contribution in [2.24, 2.45) is 5.92 Å². The van der Waals surface area contributed by atoms with Gasteiger partial charge in [-0.15, -0.1) is 0 Å². The van der Waals surface area contributed by atoms with Crippen LogP contribution in [0, 0.1) is 23.4 Å². The molecule has 3 nitrogen and oxygen atoms in total. The molecule has 4 rings (SSSR count). The Balaban J connectivity index is 1.55. The molecule has 6 heteroatoms. The molecule has 2 aliphatic rings. The lowest BCUT2D eigenvalue weighted by Crippen LogP contribution is -2.47. The molecule has 154 valence electrons. The van der Waals surface area contributed by atoms with Crippen molar-refractivity contribution in [3.63, 3.8) is 0 Å². The molecule has 0 spiro atoms. The molecule has 0 N–H and O–H groups in total. The molecule has 0 aromatic heterocycles. The summed E-state index contributed by atoms with van der Waals surface area (Å²) in [6, 6.07) is 10.8. The summed E-state index contributed by atoms with van der Waals surface area (Å²) in [6.07, 6.45) is 1.32. The highest BCUT2D eigenvalue weighted by Gasteiger charge is 2.46. The second-order valence-electron chi connectivity index (χ2n) is 8.06. The first-order valence-electron chi connectivity index (χ1n) is 10.2. The Bertz CT molecular complexity index is 886. The van der Waals surface area contributed by atoms with Crippen molar-refractivity contribution in [2.45, 2.75) is 38.3 Å². The molecule has 3 atom stereocenters. The average Bonchev–Trinajstić information content (AvgIpc) is 3.10. The number of carbonyl (C=O) groups excluding carboxylic acids is 1. The maximum atomic E-state index is 13.6. The Hall–Kier alpha value is -2.34. The van der Waals surface area contributed by atoms with Gasteiger partial charge in [0.05, 0.1) is 0 Å². The highest BCUT2D eigenvalue weighted by Crippen LogP contribution is 2.42. The fourth-order valence-corrected chi connectivity index (χ4v) is 4.90. The van der Waals surface area contributed by atoms with Crippen molar-refractivity contribution in [2.75, 3.05) is 19.6 Å². The zero-order chi connectivity index (χ0) is 20.5. The minimum absolute atomic E-state index is 0.142. The van der Waals surface area contributed by atoms with Gasteiger partial charge in [0.15, 0.2) is 11.6 Å². The molecule has 1 amide bonds. The normalized spacial score (nSPS) is 24.6. The van der Waals surface area contributed by atoms with Crippen molar-refractivity contribution >= 4 is 5.91 Å². The lowest BCUT2D eigenvalue weighted by molar-refractivity contribution is -0.132. The Morgan fingerprint density at radius 2 is 1.79 bits per heavy atom. The maximum Gasteiger partial charge on any atom is 0.222 e. The van der Waals surface area contributed by atoms with Crippen LogP contribution in [0.5, 0.6) is 0 Å². The van der Waals surface area contributed by atoms with Gasteiger partial charge in [-0.25, -0.2) is 13.2 Å². The molecule has 2 fully saturated rings. The van der Waals surface area contributed by atoms with E-state index in [2.05, 4.69) is 4.90 Å². The third-order valence-electron chi connectivity index (χ3n) is 6.33. The summed E-state index contributed by atoms with van der Waals surface area (Å²) in [5.74, 6) is -1.42. The molecular formula is C23H25F3N2O. The Morgan fingerprint density at radius 3 is 2.48 bits per heavy atom. The summed E-state index contributed by atoms with van der Waals surface area (Å²) >= 11 is 0. The largest absolute Gasteiger partial charge is 0.339 e. The smallest absolute Gasteiger partial charge is 0.222 e. The van der Waals surface area contributed by atoms with Gasteiger partial charge in [0.2, 0.25) is 5.91 Å². The molecule has 0 aliphatic carbocycles. The van der Waals surface area contributed by atoms with Gasteiger partial charge in [-0.05, 0) is 41.8 Å².